The molecule has 3 aromatic rings. The topological polar surface area (TPSA) is 100 Å². The first-order valence-corrected chi connectivity index (χ1v) is 8.30. The third-order valence-corrected chi connectivity index (χ3v) is 4.97. The van der Waals surface area contributed by atoms with Crippen molar-refractivity contribution in [3.8, 4) is 0 Å². The maximum atomic E-state index is 13.0. The van der Waals surface area contributed by atoms with Gasteiger partial charge in [0.1, 0.15) is 0 Å². The molecule has 0 aliphatic rings. The van der Waals surface area contributed by atoms with Gasteiger partial charge >= 0.3 is 5.69 Å². The van der Waals surface area contributed by atoms with Crippen LogP contribution in [0.2, 0.25) is 0 Å². The molecule has 3 aromatic heterocycles. The molecule has 0 amide bonds. The fraction of sp³-hybridized carbons (Fsp3) is 0.471. The molecule has 0 aliphatic heterocycles. The van der Waals surface area contributed by atoms with Crippen LogP contribution in [0.4, 0.5) is 0 Å². The largest absolute Gasteiger partial charge is 0.333 e. The van der Waals surface area contributed by atoms with E-state index in [0.29, 0.717) is 5.78 Å². The third kappa shape index (κ3) is 2.27. The van der Waals surface area contributed by atoms with E-state index in [9.17, 15) is 19.2 Å². The fourth-order valence-electron chi connectivity index (χ4n) is 3.18. The molecule has 0 unspecified atom stereocenters. The molecule has 0 N–H and O–H groups in total. The Morgan fingerprint density at radius 3 is 2.12 bits per heavy atom. The van der Waals surface area contributed by atoms with Crippen molar-refractivity contribution in [3.63, 3.8) is 0 Å². The zero-order valence-corrected chi connectivity index (χ0v) is 15.6. The van der Waals surface area contributed by atoms with E-state index in [1.165, 1.54) is 32.4 Å². The van der Waals surface area contributed by atoms with Gasteiger partial charge in [0, 0.05) is 18.9 Å². The molecule has 9 heteroatoms. The number of Topliss-reactive ketones (excluding diaryl/α,β-unsaturated/α-hetero) is 2. The zero-order chi connectivity index (χ0) is 19.5. The average molecular weight is 359 g/mol. The minimum absolute atomic E-state index is 0.0465. The standard InChI is InChI=1S/C17H21N5O4/c1-8-7-20-13-14(18-16(20)21(8)9(2)11(4)23)19(6)17(26)22(15(13)25)10(3)12(5)24/h7,9-10H,1-6H3/t9-,10+/m1/s1. The van der Waals surface area contributed by atoms with Crippen molar-refractivity contribution < 1.29 is 9.59 Å². The molecule has 0 aliphatic carbocycles. The second-order valence-corrected chi connectivity index (χ2v) is 6.68. The Bertz CT molecular complexity index is 1190. The summed E-state index contributed by atoms with van der Waals surface area (Å²) in [6, 6.07) is -1.34. The molecule has 0 saturated carbocycles. The van der Waals surface area contributed by atoms with Gasteiger partial charge in [0.2, 0.25) is 5.78 Å². The van der Waals surface area contributed by atoms with Crippen molar-refractivity contribution in [2.45, 2.75) is 46.7 Å². The number of rotatable bonds is 4. The minimum Gasteiger partial charge on any atom is -0.304 e. The van der Waals surface area contributed by atoms with Crippen molar-refractivity contribution in [1.29, 1.82) is 0 Å². The molecule has 0 saturated heterocycles. The first-order valence-electron chi connectivity index (χ1n) is 8.30. The minimum atomic E-state index is -0.879. The van der Waals surface area contributed by atoms with Gasteiger partial charge in [-0.2, -0.15) is 4.98 Å². The van der Waals surface area contributed by atoms with Gasteiger partial charge in [0.25, 0.3) is 5.56 Å². The Balaban J connectivity index is 2.51. The van der Waals surface area contributed by atoms with Gasteiger partial charge in [-0.1, -0.05) is 0 Å². The average Bonchev–Trinajstić information content (AvgIpc) is 3.06. The Hall–Kier alpha value is -2.97. The number of carbonyl (C=O) groups excluding carboxylic acids is 2. The van der Waals surface area contributed by atoms with Crippen LogP contribution in [-0.2, 0) is 16.6 Å². The van der Waals surface area contributed by atoms with E-state index in [4.69, 9.17) is 0 Å². The molecule has 0 radical (unpaired) electrons. The van der Waals surface area contributed by atoms with Crippen LogP contribution >= 0.6 is 0 Å². The van der Waals surface area contributed by atoms with Crippen LogP contribution in [0.3, 0.4) is 0 Å². The van der Waals surface area contributed by atoms with Crippen molar-refractivity contribution >= 4 is 28.5 Å². The molecule has 9 nitrogen and oxygen atoms in total. The Morgan fingerprint density at radius 1 is 1.04 bits per heavy atom. The van der Waals surface area contributed by atoms with Crippen LogP contribution in [-0.4, -0.2) is 34.7 Å². The highest BCUT2D eigenvalue weighted by atomic mass is 16.2. The van der Waals surface area contributed by atoms with E-state index in [1.807, 2.05) is 6.92 Å². The molecule has 0 fully saturated rings. The number of ketones is 2. The maximum absolute atomic E-state index is 13.0. The maximum Gasteiger partial charge on any atom is 0.333 e. The van der Waals surface area contributed by atoms with E-state index < -0.39 is 23.3 Å². The van der Waals surface area contributed by atoms with E-state index in [0.717, 1.165) is 10.3 Å². The summed E-state index contributed by atoms with van der Waals surface area (Å²) < 4.78 is 5.50. The predicted octanol–water partition coefficient (Wildman–Crippen LogP) is 0.758. The number of hydrogen-bond acceptors (Lipinski definition) is 5. The van der Waals surface area contributed by atoms with Crippen molar-refractivity contribution in [1.82, 2.24) is 23.1 Å². The van der Waals surface area contributed by atoms with E-state index in [-0.39, 0.29) is 22.7 Å². The summed E-state index contributed by atoms with van der Waals surface area (Å²) in [7, 11) is 1.51. The quantitative estimate of drug-likeness (QED) is 0.684. The number of aryl methyl sites for hydroxylation is 2. The van der Waals surface area contributed by atoms with Crippen LogP contribution in [0.5, 0.6) is 0 Å². The number of imidazole rings is 2. The van der Waals surface area contributed by atoms with Crippen molar-refractivity contribution in [2.75, 3.05) is 0 Å². The van der Waals surface area contributed by atoms with Gasteiger partial charge < -0.3 is 4.57 Å². The highest BCUT2D eigenvalue weighted by molar-refractivity contribution is 5.82. The molecule has 3 rings (SSSR count). The van der Waals surface area contributed by atoms with Gasteiger partial charge in [-0.15, -0.1) is 0 Å². The number of hydrogen-bond donors (Lipinski definition) is 0. The number of carbonyl (C=O) groups is 2. The third-order valence-electron chi connectivity index (χ3n) is 4.97. The Kier molecular flexibility index (Phi) is 3.97. The molecule has 3 heterocycles. The lowest BCUT2D eigenvalue weighted by Gasteiger charge is -2.12. The summed E-state index contributed by atoms with van der Waals surface area (Å²) in [6.45, 7) is 7.91. The molecule has 0 aromatic carbocycles. The first-order chi connectivity index (χ1) is 12.1. The number of fused-ring (bicyclic) bond motifs is 3. The first kappa shape index (κ1) is 17.8. The predicted molar refractivity (Wildman–Crippen MR) is 95.7 cm³/mol. The smallest absolute Gasteiger partial charge is 0.304 e. The van der Waals surface area contributed by atoms with Crippen LogP contribution in [0, 0.1) is 6.92 Å². The molecule has 26 heavy (non-hydrogen) atoms. The SMILES string of the molecule is CC(=O)[C@@H](C)n1c(C)cn2c3c(=O)n([C@@H](C)C(C)=O)c(=O)n(C)c3nc12. The van der Waals surface area contributed by atoms with Gasteiger partial charge in [0.15, 0.2) is 22.7 Å². The Labute approximate surface area is 148 Å². The van der Waals surface area contributed by atoms with Gasteiger partial charge in [0.05, 0.1) is 12.1 Å². The van der Waals surface area contributed by atoms with E-state index >= 15 is 0 Å². The van der Waals surface area contributed by atoms with Crippen molar-refractivity contribution in [3.05, 3.63) is 32.7 Å². The Morgan fingerprint density at radius 2 is 1.58 bits per heavy atom. The van der Waals surface area contributed by atoms with Gasteiger partial charge in [-0.25, -0.2) is 9.36 Å². The van der Waals surface area contributed by atoms with E-state index in [2.05, 4.69) is 4.98 Å². The summed E-state index contributed by atoms with van der Waals surface area (Å²) in [5.74, 6) is 0.0681. The lowest BCUT2D eigenvalue weighted by Crippen LogP contribution is -2.42. The van der Waals surface area contributed by atoms with Crippen molar-refractivity contribution in [2.24, 2.45) is 7.05 Å². The fourth-order valence-corrected chi connectivity index (χ4v) is 3.18. The van der Waals surface area contributed by atoms with Gasteiger partial charge in [-0.3, -0.25) is 23.4 Å². The molecular formula is C17H21N5O4. The second-order valence-electron chi connectivity index (χ2n) is 6.68. The zero-order valence-electron chi connectivity index (χ0n) is 15.6. The van der Waals surface area contributed by atoms with Crippen LogP contribution < -0.4 is 11.2 Å². The summed E-state index contributed by atoms with van der Waals surface area (Å²) >= 11 is 0. The molecular weight excluding hydrogens is 338 g/mol. The molecule has 2 atom stereocenters. The summed E-state index contributed by atoms with van der Waals surface area (Å²) in [5.41, 5.74) is -0.00408. The monoisotopic (exact) mass is 359 g/mol. The molecule has 138 valence electrons. The van der Waals surface area contributed by atoms with Crippen LogP contribution in [0.25, 0.3) is 16.9 Å². The number of nitrogens with zero attached hydrogens (tertiary/aromatic N) is 5. The van der Waals surface area contributed by atoms with Crippen LogP contribution in [0.1, 0.15) is 45.5 Å². The van der Waals surface area contributed by atoms with E-state index in [1.54, 1.807) is 22.1 Å². The second kappa shape index (κ2) is 5.79. The number of aromatic nitrogens is 5. The summed E-state index contributed by atoms with van der Waals surface area (Å²) in [4.78, 5) is 53.6. The molecule has 0 bridgehead atoms. The normalized spacial score (nSPS) is 14.1. The van der Waals surface area contributed by atoms with Crippen LogP contribution in [0.15, 0.2) is 15.8 Å². The summed E-state index contributed by atoms with van der Waals surface area (Å²) in [5, 5.41) is 0. The lowest BCUT2D eigenvalue weighted by atomic mass is 10.2. The molecule has 0 spiro atoms. The van der Waals surface area contributed by atoms with Gasteiger partial charge in [-0.05, 0) is 34.6 Å². The highest BCUT2D eigenvalue weighted by Gasteiger charge is 2.25. The lowest BCUT2D eigenvalue weighted by molar-refractivity contribution is -0.120. The highest BCUT2D eigenvalue weighted by Crippen LogP contribution is 2.21. The summed E-state index contributed by atoms with van der Waals surface area (Å²) in [6.07, 6.45) is 1.71.